The van der Waals surface area contributed by atoms with Crippen LogP contribution in [0, 0.1) is 5.82 Å². The smallest absolute Gasteiger partial charge is 0.144 e. The maximum Gasteiger partial charge on any atom is 0.144 e. The maximum atomic E-state index is 14.0. The summed E-state index contributed by atoms with van der Waals surface area (Å²) in [6.45, 7) is 3.19. The fourth-order valence-corrected chi connectivity index (χ4v) is 4.44. The number of allylic oxidation sites excluding steroid dienone is 3. The molecule has 0 spiro atoms. The van der Waals surface area contributed by atoms with Gasteiger partial charge in [0.15, 0.2) is 0 Å². The number of carbonyl (C=O) groups is 1. The van der Waals surface area contributed by atoms with Crippen LogP contribution in [0.25, 0.3) is 0 Å². The number of nitrogens with zero attached hydrogens (tertiary/aromatic N) is 3. The Morgan fingerprint density at radius 2 is 1.92 bits per heavy atom. The minimum Gasteiger partial charge on any atom is -0.374 e. The summed E-state index contributed by atoms with van der Waals surface area (Å²) in [7, 11) is 0. The fourth-order valence-electron chi connectivity index (χ4n) is 3.37. The number of aldehydes is 1. The molecule has 2 heterocycles. The SMILES string of the molecule is O=C/C=C/N1CCN(C2=NC3=CCCC=C3Sc3ccc(F)cc32)CC1. The van der Waals surface area contributed by atoms with Crippen LogP contribution < -0.4 is 0 Å². The Labute approximate surface area is 156 Å². The first-order valence-electron chi connectivity index (χ1n) is 8.83. The maximum absolute atomic E-state index is 14.0. The first-order chi connectivity index (χ1) is 12.7. The molecule has 6 heteroatoms. The van der Waals surface area contributed by atoms with Gasteiger partial charge < -0.3 is 9.80 Å². The lowest BCUT2D eigenvalue weighted by Crippen LogP contribution is -2.47. The predicted molar refractivity (Wildman–Crippen MR) is 103 cm³/mol. The Kier molecular flexibility index (Phi) is 4.93. The van der Waals surface area contributed by atoms with E-state index >= 15 is 0 Å². The molecule has 0 radical (unpaired) electrons. The monoisotopic (exact) mass is 369 g/mol. The molecule has 1 fully saturated rings. The van der Waals surface area contributed by atoms with Gasteiger partial charge in [0.2, 0.25) is 0 Å². The van der Waals surface area contributed by atoms with E-state index in [1.165, 1.54) is 12.1 Å². The molecule has 1 aliphatic carbocycles. The summed E-state index contributed by atoms with van der Waals surface area (Å²) in [6.07, 6.45) is 10.5. The molecule has 1 aromatic rings. The van der Waals surface area contributed by atoms with Crippen molar-refractivity contribution in [1.82, 2.24) is 9.80 Å². The van der Waals surface area contributed by atoms with Crippen LogP contribution in [0.4, 0.5) is 4.39 Å². The third-order valence-electron chi connectivity index (χ3n) is 4.70. The number of amidine groups is 1. The molecule has 0 saturated carbocycles. The van der Waals surface area contributed by atoms with Gasteiger partial charge in [-0.3, -0.25) is 4.79 Å². The van der Waals surface area contributed by atoms with Crippen LogP contribution in [0.1, 0.15) is 18.4 Å². The van der Waals surface area contributed by atoms with Gasteiger partial charge in [-0.05, 0) is 37.1 Å². The number of hydrogen-bond acceptors (Lipinski definition) is 5. The molecule has 4 rings (SSSR count). The van der Waals surface area contributed by atoms with Crippen LogP contribution in [-0.4, -0.2) is 48.1 Å². The minimum atomic E-state index is -0.238. The molecule has 26 heavy (non-hydrogen) atoms. The average molecular weight is 369 g/mol. The molecule has 134 valence electrons. The van der Waals surface area contributed by atoms with Crippen LogP contribution in [-0.2, 0) is 4.79 Å². The molecule has 0 unspecified atom stereocenters. The third kappa shape index (κ3) is 3.46. The molecule has 0 amide bonds. The van der Waals surface area contributed by atoms with E-state index in [1.807, 2.05) is 12.3 Å². The molecule has 1 saturated heterocycles. The van der Waals surface area contributed by atoms with Gasteiger partial charge in [0.1, 0.15) is 17.9 Å². The van der Waals surface area contributed by atoms with Gasteiger partial charge in [0, 0.05) is 47.7 Å². The highest BCUT2D eigenvalue weighted by atomic mass is 32.2. The molecule has 0 aromatic heterocycles. The van der Waals surface area contributed by atoms with Crippen molar-refractivity contribution >= 4 is 23.9 Å². The summed E-state index contributed by atoms with van der Waals surface area (Å²) in [6, 6.07) is 4.97. The highest BCUT2D eigenvalue weighted by Gasteiger charge is 2.26. The number of rotatable bonds is 2. The summed E-state index contributed by atoms with van der Waals surface area (Å²) in [5.74, 6) is 0.611. The number of piperazine rings is 1. The largest absolute Gasteiger partial charge is 0.374 e. The van der Waals surface area contributed by atoms with E-state index in [-0.39, 0.29) is 5.82 Å². The quantitative estimate of drug-likeness (QED) is 0.590. The standard InChI is InChI=1S/C20H20FN3OS/c21-15-6-7-18-16(14-15)20(22-17-4-1-2-5-19(17)26-18)24-11-9-23(10-12-24)8-3-13-25/h3-8,13-14H,1-2,9-12H2/b8-3+. The number of halogens is 1. The lowest BCUT2D eigenvalue weighted by Gasteiger charge is -2.36. The second-order valence-corrected chi connectivity index (χ2v) is 7.50. The van der Waals surface area contributed by atoms with Crippen molar-refractivity contribution < 1.29 is 9.18 Å². The molecule has 0 bridgehead atoms. The Balaban J connectivity index is 1.67. The van der Waals surface area contributed by atoms with E-state index in [2.05, 4.69) is 22.0 Å². The van der Waals surface area contributed by atoms with Crippen molar-refractivity contribution in [3.63, 3.8) is 0 Å². The molecular weight excluding hydrogens is 349 g/mol. The topological polar surface area (TPSA) is 35.9 Å². The van der Waals surface area contributed by atoms with Crippen LogP contribution in [0.2, 0.25) is 0 Å². The second kappa shape index (κ2) is 7.50. The lowest BCUT2D eigenvalue weighted by atomic mass is 10.1. The normalized spacial score (nSPS) is 20.0. The van der Waals surface area contributed by atoms with Crippen molar-refractivity contribution in [2.75, 3.05) is 26.2 Å². The zero-order chi connectivity index (χ0) is 17.9. The molecule has 1 aromatic carbocycles. The summed E-state index contributed by atoms with van der Waals surface area (Å²) in [4.78, 5) is 22.0. The molecule has 0 N–H and O–H groups in total. The van der Waals surface area contributed by atoms with Crippen LogP contribution >= 0.6 is 11.8 Å². The lowest BCUT2D eigenvalue weighted by molar-refractivity contribution is -0.104. The summed E-state index contributed by atoms with van der Waals surface area (Å²) < 4.78 is 14.0. The number of hydrogen-bond donors (Lipinski definition) is 0. The van der Waals surface area contributed by atoms with Gasteiger partial charge in [-0.25, -0.2) is 9.38 Å². The van der Waals surface area contributed by atoms with E-state index in [0.29, 0.717) is 0 Å². The zero-order valence-corrected chi connectivity index (χ0v) is 15.2. The third-order valence-corrected chi connectivity index (χ3v) is 5.88. The van der Waals surface area contributed by atoms with E-state index in [4.69, 9.17) is 4.99 Å². The Morgan fingerprint density at radius 1 is 1.12 bits per heavy atom. The van der Waals surface area contributed by atoms with Gasteiger partial charge in [-0.1, -0.05) is 23.9 Å². The number of thioether (sulfide) groups is 1. The predicted octanol–water partition coefficient (Wildman–Crippen LogP) is 3.57. The molecule has 2 aliphatic heterocycles. The van der Waals surface area contributed by atoms with Crippen LogP contribution in [0.3, 0.4) is 0 Å². The van der Waals surface area contributed by atoms with E-state index in [0.717, 1.165) is 72.2 Å². The average Bonchev–Trinajstić information content (AvgIpc) is 2.83. The minimum absolute atomic E-state index is 0.238. The van der Waals surface area contributed by atoms with Crippen molar-refractivity contribution in [2.45, 2.75) is 17.7 Å². The van der Waals surface area contributed by atoms with Gasteiger partial charge in [0.05, 0.1) is 5.70 Å². The zero-order valence-electron chi connectivity index (χ0n) is 14.4. The summed E-state index contributed by atoms with van der Waals surface area (Å²) in [5, 5.41) is 0. The van der Waals surface area contributed by atoms with Crippen molar-refractivity contribution in [3.05, 3.63) is 64.6 Å². The molecular formula is C20H20FN3OS. The van der Waals surface area contributed by atoms with Crippen LogP contribution in [0.5, 0.6) is 0 Å². The van der Waals surface area contributed by atoms with E-state index in [1.54, 1.807) is 17.8 Å². The Bertz CT molecular complexity index is 835. The summed E-state index contributed by atoms with van der Waals surface area (Å²) in [5.41, 5.74) is 1.86. The van der Waals surface area contributed by atoms with Crippen molar-refractivity contribution in [1.29, 1.82) is 0 Å². The Morgan fingerprint density at radius 3 is 2.73 bits per heavy atom. The van der Waals surface area contributed by atoms with Crippen molar-refractivity contribution in [2.24, 2.45) is 4.99 Å². The number of fused-ring (bicyclic) bond motifs is 2. The summed E-state index contributed by atoms with van der Waals surface area (Å²) >= 11 is 1.67. The van der Waals surface area contributed by atoms with Gasteiger partial charge in [0.25, 0.3) is 0 Å². The number of benzene rings is 1. The van der Waals surface area contributed by atoms with E-state index in [9.17, 15) is 9.18 Å². The van der Waals surface area contributed by atoms with Crippen LogP contribution in [0.15, 0.2) is 63.1 Å². The highest BCUT2D eigenvalue weighted by Crippen LogP contribution is 2.40. The van der Waals surface area contributed by atoms with Crippen molar-refractivity contribution in [3.8, 4) is 0 Å². The van der Waals surface area contributed by atoms with Gasteiger partial charge >= 0.3 is 0 Å². The first kappa shape index (κ1) is 17.1. The van der Waals surface area contributed by atoms with Gasteiger partial charge in [-0.15, -0.1) is 0 Å². The second-order valence-electron chi connectivity index (χ2n) is 6.41. The first-order valence-corrected chi connectivity index (χ1v) is 9.64. The van der Waals surface area contributed by atoms with E-state index < -0.39 is 0 Å². The Hall–Kier alpha value is -2.34. The molecule has 3 aliphatic rings. The fraction of sp³-hybridized carbons (Fsp3) is 0.300. The molecule has 4 nitrogen and oxygen atoms in total. The molecule has 0 atom stereocenters. The number of carbonyl (C=O) groups excluding carboxylic acids is 1. The number of aliphatic imine (C=N–C) groups is 1. The highest BCUT2D eigenvalue weighted by molar-refractivity contribution is 8.03. The van der Waals surface area contributed by atoms with Gasteiger partial charge in [-0.2, -0.15) is 0 Å².